The molecule has 0 spiro atoms. The number of hydrogen-bond donors (Lipinski definition) is 1. The Kier molecular flexibility index (Phi) is 4.27. The van der Waals surface area contributed by atoms with Crippen LogP contribution in [0.1, 0.15) is 28.4 Å². The molecule has 1 aromatic carbocycles. The Balaban J connectivity index is 2.31. The summed E-state index contributed by atoms with van der Waals surface area (Å²) in [5.74, 6) is -0.129. The van der Waals surface area contributed by atoms with Crippen molar-refractivity contribution in [2.75, 3.05) is 7.05 Å². The van der Waals surface area contributed by atoms with Crippen molar-refractivity contribution in [1.29, 1.82) is 0 Å². The maximum atomic E-state index is 14.2. The summed E-state index contributed by atoms with van der Waals surface area (Å²) in [4.78, 5) is 4.38. The predicted octanol–water partition coefficient (Wildman–Crippen LogP) is 3.34. The lowest BCUT2D eigenvalue weighted by Gasteiger charge is -2.18. The van der Waals surface area contributed by atoms with Gasteiger partial charge in [-0.2, -0.15) is 0 Å². The molecule has 3 heteroatoms. The van der Waals surface area contributed by atoms with Crippen LogP contribution in [0.25, 0.3) is 0 Å². The quantitative estimate of drug-likeness (QED) is 0.909. The van der Waals surface area contributed by atoms with Crippen LogP contribution in [-0.2, 0) is 6.42 Å². The fourth-order valence-electron chi connectivity index (χ4n) is 2.23. The number of aryl methyl sites for hydroxylation is 2. The predicted molar refractivity (Wildman–Crippen MR) is 75.6 cm³/mol. The Morgan fingerprint density at radius 3 is 2.58 bits per heavy atom. The normalized spacial score (nSPS) is 12.4. The van der Waals surface area contributed by atoms with Crippen LogP contribution >= 0.6 is 0 Å². The SMILES string of the molecule is CNC(Cc1ncccc1C)c1cccc(C)c1F. The summed E-state index contributed by atoms with van der Waals surface area (Å²) in [6.07, 6.45) is 2.46. The van der Waals surface area contributed by atoms with Crippen LogP contribution in [0.2, 0.25) is 0 Å². The zero-order chi connectivity index (χ0) is 13.8. The van der Waals surface area contributed by atoms with Crippen LogP contribution in [0.5, 0.6) is 0 Å². The summed E-state index contributed by atoms with van der Waals surface area (Å²) in [6, 6.07) is 9.40. The average molecular weight is 258 g/mol. The molecule has 0 bridgehead atoms. The zero-order valence-corrected chi connectivity index (χ0v) is 11.6. The van der Waals surface area contributed by atoms with Gasteiger partial charge in [0.1, 0.15) is 5.82 Å². The maximum Gasteiger partial charge on any atom is 0.130 e. The number of aromatic nitrogens is 1. The lowest BCUT2D eigenvalue weighted by atomic mass is 9.98. The van der Waals surface area contributed by atoms with Crippen LogP contribution in [0.4, 0.5) is 4.39 Å². The summed E-state index contributed by atoms with van der Waals surface area (Å²) < 4.78 is 14.2. The number of likely N-dealkylation sites (N-methyl/N-ethyl adjacent to an activating group) is 1. The summed E-state index contributed by atoms with van der Waals surface area (Å²) in [6.45, 7) is 3.82. The second-order valence-electron chi connectivity index (χ2n) is 4.79. The molecule has 1 unspecified atom stereocenters. The number of nitrogens with zero attached hydrogens (tertiary/aromatic N) is 1. The van der Waals surface area contributed by atoms with Crippen molar-refractivity contribution in [3.05, 3.63) is 64.7 Å². The molecule has 1 heterocycles. The number of benzene rings is 1. The van der Waals surface area contributed by atoms with E-state index in [0.717, 1.165) is 11.3 Å². The van der Waals surface area contributed by atoms with Crippen molar-refractivity contribution in [3.63, 3.8) is 0 Å². The molecular formula is C16H19FN2. The van der Waals surface area contributed by atoms with Crippen molar-refractivity contribution in [2.45, 2.75) is 26.3 Å². The third-order valence-corrected chi connectivity index (χ3v) is 3.46. The van der Waals surface area contributed by atoms with Gasteiger partial charge in [-0.3, -0.25) is 4.98 Å². The minimum Gasteiger partial charge on any atom is -0.313 e. The molecule has 1 N–H and O–H groups in total. The van der Waals surface area contributed by atoms with Crippen LogP contribution in [0, 0.1) is 19.7 Å². The molecule has 0 aliphatic carbocycles. The van der Waals surface area contributed by atoms with E-state index in [1.165, 1.54) is 0 Å². The molecule has 0 aliphatic heterocycles. The highest BCUT2D eigenvalue weighted by Gasteiger charge is 2.17. The first-order chi connectivity index (χ1) is 9.13. The van der Waals surface area contributed by atoms with Gasteiger partial charge >= 0.3 is 0 Å². The van der Waals surface area contributed by atoms with Crippen molar-refractivity contribution in [1.82, 2.24) is 10.3 Å². The maximum absolute atomic E-state index is 14.2. The van der Waals surface area contributed by atoms with E-state index in [1.807, 2.05) is 38.2 Å². The number of nitrogens with one attached hydrogen (secondary N) is 1. The van der Waals surface area contributed by atoms with Gasteiger partial charge in [-0.05, 0) is 38.1 Å². The molecule has 2 nitrogen and oxygen atoms in total. The Bertz CT molecular complexity index is 566. The summed E-state index contributed by atoms with van der Waals surface area (Å²) in [5, 5.41) is 3.18. The van der Waals surface area contributed by atoms with E-state index in [2.05, 4.69) is 10.3 Å². The Morgan fingerprint density at radius 1 is 1.16 bits per heavy atom. The second kappa shape index (κ2) is 5.93. The van der Waals surface area contributed by atoms with E-state index in [9.17, 15) is 4.39 Å². The van der Waals surface area contributed by atoms with Gasteiger partial charge in [0.05, 0.1) is 0 Å². The number of pyridine rings is 1. The van der Waals surface area contributed by atoms with Crippen molar-refractivity contribution in [2.24, 2.45) is 0 Å². The highest BCUT2D eigenvalue weighted by molar-refractivity contribution is 5.29. The van der Waals surface area contributed by atoms with Gasteiger partial charge in [-0.15, -0.1) is 0 Å². The molecule has 0 saturated heterocycles. The molecule has 0 aliphatic rings. The van der Waals surface area contributed by atoms with Gasteiger partial charge in [0.2, 0.25) is 0 Å². The first-order valence-electron chi connectivity index (χ1n) is 6.46. The summed E-state index contributed by atoms with van der Waals surface area (Å²) in [5.41, 5.74) is 3.52. The number of hydrogen-bond acceptors (Lipinski definition) is 2. The number of halogens is 1. The highest BCUT2D eigenvalue weighted by atomic mass is 19.1. The fraction of sp³-hybridized carbons (Fsp3) is 0.312. The highest BCUT2D eigenvalue weighted by Crippen LogP contribution is 2.23. The minimum atomic E-state index is -0.129. The lowest BCUT2D eigenvalue weighted by molar-refractivity contribution is 0.525. The first kappa shape index (κ1) is 13.7. The molecule has 0 radical (unpaired) electrons. The number of rotatable bonds is 4. The van der Waals surface area contributed by atoms with Crippen molar-refractivity contribution in [3.8, 4) is 0 Å². The summed E-state index contributed by atoms with van der Waals surface area (Å²) >= 11 is 0. The van der Waals surface area contributed by atoms with E-state index in [1.54, 1.807) is 19.2 Å². The van der Waals surface area contributed by atoms with E-state index >= 15 is 0 Å². The molecule has 2 aromatic rings. The topological polar surface area (TPSA) is 24.9 Å². The van der Waals surface area contributed by atoms with Crippen LogP contribution in [-0.4, -0.2) is 12.0 Å². The molecule has 100 valence electrons. The monoisotopic (exact) mass is 258 g/mol. The molecule has 1 atom stereocenters. The molecule has 0 fully saturated rings. The van der Waals surface area contributed by atoms with Crippen molar-refractivity contribution >= 4 is 0 Å². The van der Waals surface area contributed by atoms with Gasteiger partial charge < -0.3 is 5.32 Å². The smallest absolute Gasteiger partial charge is 0.130 e. The molecule has 1 aromatic heterocycles. The van der Waals surface area contributed by atoms with E-state index in [4.69, 9.17) is 0 Å². The first-order valence-corrected chi connectivity index (χ1v) is 6.46. The molecule has 19 heavy (non-hydrogen) atoms. The summed E-state index contributed by atoms with van der Waals surface area (Å²) in [7, 11) is 1.85. The van der Waals surface area contributed by atoms with E-state index < -0.39 is 0 Å². The lowest BCUT2D eigenvalue weighted by Crippen LogP contribution is -2.21. The minimum absolute atomic E-state index is 0.0616. The van der Waals surface area contributed by atoms with Gasteiger partial charge in [-0.1, -0.05) is 24.3 Å². The zero-order valence-electron chi connectivity index (χ0n) is 11.6. The molecule has 2 rings (SSSR count). The van der Waals surface area contributed by atoms with Gasteiger partial charge in [0, 0.05) is 29.9 Å². The largest absolute Gasteiger partial charge is 0.313 e. The third-order valence-electron chi connectivity index (χ3n) is 3.46. The van der Waals surface area contributed by atoms with Gasteiger partial charge in [-0.25, -0.2) is 4.39 Å². The Morgan fingerprint density at radius 2 is 1.89 bits per heavy atom. The van der Waals surface area contributed by atoms with Crippen LogP contribution in [0.15, 0.2) is 36.5 Å². The third kappa shape index (κ3) is 2.99. The van der Waals surface area contributed by atoms with Crippen molar-refractivity contribution < 1.29 is 4.39 Å². The standard InChI is InChI=1S/C16H19FN2/c1-11-7-5-9-19-14(11)10-15(18-3)13-8-4-6-12(2)16(13)17/h4-9,15,18H,10H2,1-3H3. The second-order valence-corrected chi connectivity index (χ2v) is 4.79. The van der Waals surface area contributed by atoms with Gasteiger partial charge in [0.15, 0.2) is 0 Å². The van der Waals surface area contributed by atoms with Gasteiger partial charge in [0.25, 0.3) is 0 Å². The Hall–Kier alpha value is -1.74. The van der Waals surface area contributed by atoms with E-state index in [0.29, 0.717) is 17.5 Å². The van der Waals surface area contributed by atoms with Crippen LogP contribution < -0.4 is 5.32 Å². The van der Waals surface area contributed by atoms with Crippen LogP contribution in [0.3, 0.4) is 0 Å². The Labute approximate surface area is 113 Å². The average Bonchev–Trinajstić information content (AvgIpc) is 2.41. The molecule has 0 amide bonds. The molecule has 0 saturated carbocycles. The molecular weight excluding hydrogens is 239 g/mol. The fourth-order valence-corrected chi connectivity index (χ4v) is 2.23. The van der Waals surface area contributed by atoms with E-state index in [-0.39, 0.29) is 11.9 Å².